The standard InChI is InChI=1S/C18H23N3O2S2/c1-13-12-14(2)20-18(19-13)24-17-11-7-6-10-16(17)21-25(22,23)15-8-4-3-5-9-15/h3-5,8-9,12,16-17,21H,6-7,10-11H2,1-2H3/t16-,17-/m1/s1. The summed E-state index contributed by atoms with van der Waals surface area (Å²) in [6, 6.07) is 10.4. The Labute approximate surface area is 153 Å². The Morgan fingerprint density at radius 3 is 2.36 bits per heavy atom. The molecule has 5 nitrogen and oxygen atoms in total. The highest BCUT2D eigenvalue weighted by Crippen LogP contribution is 2.33. The Kier molecular flexibility index (Phi) is 5.76. The molecule has 0 unspecified atom stereocenters. The second kappa shape index (κ2) is 7.85. The summed E-state index contributed by atoms with van der Waals surface area (Å²) in [6.07, 6.45) is 3.94. The fraction of sp³-hybridized carbons (Fsp3) is 0.444. The second-order valence-electron chi connectivity index (χ2n) is 6.41. The van der Waals surface area contributed by atoms with Crippen molar-refractivity contribution < 1.29 is 8.42 Å². The molecule has 0 radical (unpaired) electrons. The summed E-state index contributed by atoms with van der Waals surface area (Å²) < 4.78 is 28.2. The average Bonchev–Trinajstić information content (AvgIpc) is 2.56. The molecule has 0 amide bonds. The van der Waals surface area contributed by atoms with Crippen molar-refractivity contribution in [2.24, 2.45) is 0 Å². The van der Waals surface area contributed by atoms with Crippen molar-refractivity contribution in [2.45, 2.75) is 60.9 Å². The van der Waals surface area contributed by atoms with Crippen LogP contribution in [0.5, 0.6) is 0 Å². The smallest absolute Gasteiger partial charge is 0.228 e. The number of nitrogens with one attached hydrogen (secondary N) is 1. The van der Waals surface area contributed by atoms with E-state index in [1.165, 1.54) is 0 Å². The zero-order chi connectivity index (χ0) is 17.9. The predicted molar refractivity (Wildman–Crippen MR) is 100 cm³/mol. The monoisotopic (exact) mass is 377 g/mol. The second-order valence-corrected chi connectivity index (χ2v) is 9.34. The SMILES string of the molecule is Cc1cc(C)nc(S[C@@H]2CCCC[C@H]2NS(=O)(=O)c2ccccc2)n1. The number of hydrogen-bond acceptors (Lipinski definition) is 5. The molecule has 2 atom stereocenters. The first-order valence-electron chi connectivity index (χ1n) is 8.50. The quantitative estimate of drug-likeness (QED) is 0.808. The van der Waals surface area contributed by atoms with Gasteiger partial charge in [0, 0.05) is 22.7 Å². The van der Waals surface area contributed by atoms with Gasteiger partial charge in [-0.15, -0.1) is 0 Å². The first-order valence-corrected chi connectivity index (χ1v) is 10.9. The lowest BCUT2D eigenvalue weighted by Gasteiger charge is -2.31. The van der Waals surface area contributed by atoms with E-state index in [0.29, 0.717) is 4.90 Å². The Bertz CT molecular complexity index is 805. The van der Waals surface area contributed by atoms with Crippen LogP contribution in [0.4, 0.5) is 0 Å². The van der Waals surface area contributed by atoms with Gasteiger partial charge in [0.05, 0.1) is 4.90 Å². The van der Waals surface area contributed by atoms with Gasteiger partial charge >= 0.3 is 0 Å². The molecule has 0 aliphatic heterocycles. The van der Waals surface area contributed by atoms with Gasteiger partial charge in [0.15, 0.2) is 5.16 Å². The summed E-state index contributed by atoms with van der Waals surface area (Å²) >= 11 is 1.59. The zero-order valence-electron chi connectivity index (χ0n) is 14.5. The van der Waals surface area contributed by atoms with Crippen molar-refractivity contribution in [2.75, 3.05) is 0 Å². The van der Waals surface area contributed by atoms with Crippen molar-refractivity contribution >= 4 is 21.8 Å². The van der Waals surface area contributed by atoms with E-state index in [1.54, 1.807) is 36.0 Å². The third-order valence-electron chi connectivity index (χ3n) is 4.28. The number of benzene rings is 1. The highest BCUT2D eigenvalue weighted by atomic mass is 32.2. The molecule has 0 saturated heterocycles. The normalized spacial score (nSPS) is 21.2. The van der Waals surface area contributed by atoms with Crippen LogP contribution in [0, 0.1) is 13.8 Å². The lowest BCUT2D eigenvalue weighted by atomic mass is 9.96. The number of aromatic nitrogens is 2. The fourth-order valence-corrected chi connectivity index (χ4v) is 5.86. The van der Waals surface area contributed by atoms with E-state index < -0.39 is 10.0 Å². The summed E-state index contributed by atoms with van der Waals surface area (Å²) in [6.45, 7) is 3.91. The summed E-state index contributed by atoms with van der Waals surface area (Å²) in [5, 5.41) is 0.877. The maximum Gasteiger partial charge on any atom is 0.240 e. The average molecular weight is 378 g/mol. The van der Waals surface area contributed by atoms with Crippen molar-refractivity contribution in [1.82, 2.24) is 14.7 Å². The van der Waals surface area contributed by atoms with Gasteiger partial charge in [0.2, 0.25) is 10.0 Å². The Morgan fingerprint density at radius 2 is 1.68 bits per heavy atom. The molecule has 1 N–H and O–H groups in total. The first-order chi connectivity index (χ1) is 11.9. The third-order valence-corrected chi connectivity index (χ3v) is 7.05. The highest BCUT2D eigenvalue weighted by Gasteiger charge is 2.31. The van der Waals surface area contributed by atoms with Crippen LogP contribution in [0.25, 0.3) is 0 Å². The number of aryl methyl sites for hydroxylation is 2. The molecule has 1 aromatic carbocycles. The molecular formula is C18H23N3O2S2. The molecule has 25 heavy (non-hydrogen) atoms. The van der Waals surface area contributed by atoms with E-state index >= 15 is 0 Å². The fourth-order valence-electron chi connectivity index (χ4n) is 3.12. The number of nitrogens with zero attached hydrogens (tertiary/aromatic N) is 2. The van der Waals surface area contributed by atoms with E-state index in [-0.39, 0.29) is 11.3 Å². The summed E-state index contributed by atoms with van der Waals surface area (Å²) in [5.74, 6) is 0. The minimum absolute atomic E-state index is 0.103. The summed E-state index contributed by atoms with van der Waals surface area (Å²) in [4.78, 5) is 9.30. The minimum Gasteiger partial charge on any atom is -0.228 e. The molecule has 134 valence electrons. The van der Waals surface area contributed by atoms with Gasteiger partial charge in [0.25, 0.3) is 0 Å². The molecule has 1 fully saturated rings. The molecule has 0 spiro atoms. The van der Waals surface area contributed by atoms with E-state index in [1.807, 2.05) is 26.0 Å². The topological polar surface area (TPSA) is 72.0 Å². The van der Waals surface area contributed by atoms with Gasteiger partial charge in [-0.05, 0) is 44.9 Å². The number of thioether (sulfide) groups is 1. The van der Waals surface area contributed by atoms with Gasteiger partial charge in [0.1, 0.15) is 0 Å². The molecule has 3 rings (SSSR count). The number of rotatable bonds is 5. The molecule has 1 aliphatic carbocycles. The molecule has 2 aromatic rings. The van der Waals surface area contributed by atoms with Gasteiger partial charge in [-0.25, -0.2) is 23.1 Å². The van der Waals surface area contributed by atoms with Crippen molar-refractivity contribution in [3.63, 3.8) is 0 Å². The van der Waals surface area contributed by atoms with E-state index in [2.05, 4.69) is 14.7 Å². The Morgan fingerprint density at radius 1 is 1.04 bits per heavy atom. The van der Waals surface area contributed by atoms with Crippen molar-refractivity contribution in [3.05, 3.63) is 47.8 Å². The first kappa shape index (κ1) is 18.4. The van der Waals surface area contributed by atoms with Crippen LogP contribution in [0.15, 0.2) is 46.5 Å². The third kappa shape index (κ3) is 4.80. The lowest BCUT2D eigenvalue weighted by molar-refractivity contribution is 0.422. The van der Waals surface area contributed by atoms with Crippen LogP contribution >= 0.6 is 11.8 Å². The maximum atomic E-state index is 12.7. The predicted octanol–water partition coefficient (Wildman–Crippen LogP) is 3.48. The molecule has 7 heteroatoms. The van der Waals surface area contributed by atoms with Crippen molar-refractivity contribution in [3.8, 4) is 0 Å². The van der Waals surface area contributed by atoms with Gasteiger partial charge in [-0.1, -0.05) is 42.8 Å². The Hall–Kier alpha value is -1.44. The maximum absolute atomic E-state index is 12.7. The lowest BCUT2D eigenvalue weighted by Crippen LogP contribution is -2.43. The van der Waals surface area contributed by atoms with Gasteiger partial charge in [-0.2, -0.15) is 0 Å². The van der Waals surface area contributed by atoms with Crippen LogP contribution in [-0.4, -0.2) is 29.7 Å². The molecule has 0 bridgehead atoms. The van der Waals surface area contributed by atoms with Crippen LogP contribution < -0.4 is 4.72 Å². The zero-order valence-corrected chi connectivity index (χ0v) is 16.1. The Balaban J connectivity index is 1.77. The van der Waals surface area contributed by atoms with E-state index in [9.17, 15) is 8.42 Å². The van der Waals surface area contributed by atoms with E-state index in [0.717, 1.165) is 42.2 Å². The largest absolute Gasteiger partial charge is 0.240 e. The highest BCUT2D eigenvalue weighted by molar-refractivity contribution is 7.99. The summed E-state index contributed by atoms with van der Waals surface area (Å²) in [7, 11) is -3.51. The van der Waals surface area contributed by atoms with Gasteiger partial charge in [-0.3, -0.25) is 0 Å². The van der Waals surface area contributed by atoms with Gasteiger partial charge < -0.3 is 0 Å². The van der Waals surface area contributed by atoms with Crippen LogP contribution in [0.1, 0.15) is 37.1 Å². The molecule has 1 aliphatic rings. The van der Waals surface area contributed by atoms with Crippen LogP contribution in [0.2, 0.25) is 0 Å². The summed E-state index contributed by atoms with van der Waals surface area (Å²) in [5.41, 5.74) is 1.87. The van der Waals surface area contributed by atoms with Crippen molar-refractivity contribution in [1.29, 1.82) is 0 Å². The molecule has 1 heterocycles. The molecular weight excluding hydrogens is 354 g/mol. The van der Waals surface area contributed by atoms with Crippen LogP contribution in [-0.2, 0) is 10.0 Å². The van der Waals surface area contributed by atoms with E-state index in [4.69, 9.17) is 0 Å². The number of sulfonamides is 1. The van der Waals surface area contributed by atoms with Crippen LogP contribution in [0.3, 0.4) is 0 Å². The number of hydrogen-bond donors (Lipinski definition) is 1. The minimum atomic E-state index is -3.51. The molecule has 1 aromatic heterocycles. The molecule has 1 saturated carbocycles.